The van der Waals surface area contributed by atoms with Gasteiger partial charge in [0.2, 0.25) is 0 Å². The molecule has 0 amide bonds. The van der Waals surface area contributed by atoms with Gasteiger partial charge in [-0.25, -0.2) is 4.39 Å². The zero-order valence-corrected chi connectivity index (χ0v) is 17.0. The highest BCUT2D eigenvalue weighted by atomic mass is 19.1. The summed E-state index contributed by atoms with van der Waals surface area (Å²) in [5, 5.41) is 5.18. The largest absolute Gasteiger partial charge is 0.422 e. The first-order valence-corrected chi connectivity index (χ1v) is 10.4. The molecular weight excluding hydrogens is 397 g/mol. The van der Waals surface area contributed by atoms with E-state index in [1.807, 2.05) is 19.2 Å². The zero-order valence-electron chi connectivity index (χ0n) is 17.0. The van der Waals surface area contributed by atoms with Crippen LogP contribution >= 0.6 is 0 Å². The number of hydrogen-bond donors (Lipinski definition) is 3. The normalized spacial score (nSPS) is 19.5. The number of aromatic amines is 1. The summed E-state index contributed by atoms with van der Waals surface area (Å²) in [6, 6.07) is 7.58. The number of nitrogens with two attached hydrogens (primary N) is 1. The van der Waals surface area contributed by atoms with Gasteiger partial charge in [-0.05, 0) is 18.9 Å². The van der Waals surface area contributed by atoms with Crippen molar-refractivity contribution in [3.63, 3.8) is 0 Å². The van der Waals surface area contributed by atoms with Gasteiger partial charge in [-0.2, -0.15) is 9.97 Å². The van der Waals surface area contributed by atoms with Crippen LogP contribution in [0.5, 0.6) is 11.8 Å². The van der Waals surface area contributed by atoms with E-state index in [1.54, 1.807) is 0 Å². The molecule has 1 aromatic carbocycles. The standard InChI is InChI=1S/C22H22FN7O/c1-25-15-4-2-3-14-17-19(27-18(14)15)28-21(31-13-7-12(23)8-26-9-13)29-20(17)30-10-16(24)22(11-30)5-6-22/h2-4,7-9,16,25H,5-6,10-11,24H2,1H3,(H,27,28,29)/t16-/m0/s1. The Hall–Kier alpha value is -3.46. The number of ether oxygens (including phenoxy) is 1. The van der Waals surface area contributed by atoms with Gasteiger partial charge in [0.15, 0.2) is 5.75 Å². The summed E-state index contributed by atoms with van der Waals surface area (Å²) in [6.07, 6.45) is 4.86. The van der Waals surface area contributed by atoms with Crippen molar-refractivity contribution in [1.29, 1.82) is 0 Å². The molecule has 2 fully saturated rings. The van der Waals surface area contributed by atoms with Crippen molar-refractivity contribution in [3.8, 4) is 11.8 Å². The second-order valence-electron chi connectivity index (χ2n) is 8.45. The Kier molecular flexibility index (Phi) is 3.85. The molecule has 1 aliphatic carbocycles. The number of rotatable bonds is 4. The maximum atomic E-state index is 13.6. The molecule has 1 aliphatic heterocycles. The van der Waals surface area contributed by atoms with Gasteiger partial charge >= 0.3 is 6.01 Å². The molecule has 8 nitrogen and oxygen atoms in total. The van der Waals surface area contributed by atoms with Crippen molar-refractivity contribution in [3.05, 3.63) is 42.5 Å². The number of hydrogen-bond acceptors (Lipinski definition) is 7. The van der Waals surface area contributed by atoms with Crippen LogP contribution in [-0.4, -0.2) is 46.1 Å². The maximum absolute atomic E-state index is 13.6. The summed E-state index contributed by atoms with van der Waals surface area (Å²) >= 11 is 0. The maximum Gasteiger partial charge on any atom is 0.326 e. The smallest absolute Gasteiger partial charge is 0.326 e. The van der Waals surface area contributed by atoms with Crippen LogP contribution in [0.1, 0.15) is 12.8 Å². The number of halogens is 1. The Balaban J connectivity index is 1.53. The molecule has 1 spiro atoms. The minimum atomic E-state index is -0.482. The van der Waals surface area contributed by atoms with Crippen molar-refractivity contribution in [2.45, 2.75) is 18.9 Å². The zero-order chi connectivity index (χ0) is 21.2. The van der Waals surface area contributed by atoms with Crippen LogP contribution in [0.4, 0.5) is 15.9 Å². The molecule has 1 atom stereocenters. The first-order valence-electron chi connectivity index (χ1n) is 10.4. The number of nitrogens with one attached hydrogen (secondary N) is 2. The number of nitrogens with zero attached hydrogens (tertiary/aromatic N) is 4. The fourth-order valence-corrected chi connectivity index (χ4v) is 4.66. The van der Waals surface area contributed by atoms with Gasteiger partial charge in [0.1, 0.15) is 17.3 Å². The number of benzene rings is 1. The highest BCUT2D eigenvalue weighted by Crippen LogP contribution is 2.53. The fraction of sp³-hybridized carbons (Fsp3) is 0.318. The summed E-state index contributed by atoms with van der Waals surface area (Å²) < 4.78 is 19.4. The van der Waals surface area contributed by atoms with Crippen LogP contribution in [0.25, 0.3) is 21.9 Å². The van der Waals surface area contributed by atoms with E-state index in [-0.39, 0.29) is 23.2 Å². The van der Waals surface area contributed by atoms with Crippen LogP contribution in [-0.2, 0) is 0 Å². The van der Waals surface area contributed by atoms with Crippen molar-refractivity contribution in [2.24, 2.45) is 11.1 Å². The minimum absolute atomic E-state index is 0.118. The highest BCUT2D eigenvalue weighted by Gasteiger charge is 2.54. The molecule has 2 aliphatic rings. The molecular formula is C22H22FN7O. The van der Waals surface area contributed by atoms with E-state index in [0.29, 0.717) is 5.65 Å². The van der Waals surface area contributed by atoms with E-state index >= 15 is 0 Å². The SMILES string of the molecule is CNc1cccc2c1[nH]c1nc(Oc3cncc(F)c3)nc(N3C[C@H](N)C4(CC4)C3)c12. The highest BCUT2D eigenvalue weighted by molar-refractivity contribution is 6.14. The van der Waals surface area contributed by atoms with Gasteiger partial charge in [0.25, 0.3) is 0 Å². The molecule has 1 saturated heterocycles. The molecule has 6 rings (SSSR count). The Morgan fingerprint density at radius 2 is 2.16 bits per heavy atom. The van der Waals surface area contributed by atoms with Crippen LogP contribution in [0, 0.1) is 11.2 Å². The summed E-state index contributed by atoms with van der Waals surface area (Å²) in [7, 11) is 1.88. The summed E-state index contributed by atoms with van der Waals surface area (Å²) in [4.78, 5) is 18.8. The molecule has 31 heavy (non-hydrogen) atoms. The first-order chi connectivity index (χ1) is 15.1. The number of H-pyrrole nitrogens is 1. The van der Waals surface area contributed by atoms with E-state index in [2.05, 4.69) is 31.2 Å². The van der Waals surface area contributed by atoms with E-state index in [9.17, 15) is 4.39 Å². The van der Waals surface area contributed by atoms with Gasteiger partial charge in [0, 0.05) is 43.0 Å². The lowest BCUT2D eigenvalue weighted by atomic mass is 10.0. The van der Waals surface area contributed by atoms with Gasteiger partial charge in [-0.3, -0.25) is 4.98 Å². The average Bonchev–Trinajstić information content (AvgIpc) is 3.33. The number of pyridine rings is 1. The minimum Gasteiger partial charge on any atom is -0.422 e. The van der Waals surface area contributed by atoms with Gasteiger partial charge in [-0.1, -0.05) is 12.1 Å². The van der Waals surface area contributed by atoms with Crippen LogP contribution in [0.3, 0.4) is 0 Å². The quantitative estimate of drug-likeness (QED) is 0.466. The van der Waals surface area contributed by atoms with Crippen molar-refractivity contribution in [1.82, 2.24) is 19.9 Å². The molecule has 0 unspecified atom stereocenters. The Morgan fingerprint density at radius 3 is 2.90 bits per heavy atom. The van der Waals surface area contributed by atoms with Gasteiger partial charge in [-0.15, -0.1) is 0 Å². The van der Waals surface area contributed by atoms with Crippen molar-refractivity contribution in [2.75, 3.05) is 30.4 Å². The number of anilines is 2. The second kappa shape index (κ2) is 6.52. The number of aromatic nitrogens is 4. The average molecular weight is 419 g/mol. The van der Waals surface area contributed by atoms with Crippen LogP contribution < -0.4 is 20.7 Å². The van der Waals surface area contributed by atoms with Crippen LogP contribution in [0.15, 0.2) is 36.7 Å². The molecule has 0 bridgehead atoms. The van der Waals surface area contributed by atoms with Gasteiger partial charge in [0.05, 0.1) is 29.0 Å². The van der Waals surface area contributed by atoms with E-state index in [4.69, 9.17) is 15.5 Å². The summed E-state index contributed by atoms with van der Waals surface area (Å²) in [5.41, 5.74) is 9.24. The Morgan fingerprint density at radius 1 is 1.29 bits per heavy atom. The lowest BCUT2D eigenvalue weighted by Gasteiger charge is -2.19. The van der Waals surface area contributed by atoms with E-state index in [1.165, 1.54) is 12.3 Å². The topological polar surface area (TPSA) is 105 Å². The summed E-state index contributed by atoms with van der Waals surface area (Å²) in [5.74, 6) is 0.543. The van der Waals surface area contributed by atoms with Crippen LogP contribution in [0.2, 0.25) is 0 Å². The molecule has 0 radical (unpaired) electrons. The van der Waals surface area contributed by atoms with Gasteiger partial charge < -0.3 is 25.7 Å². The molecule has 9 heteroatoms. The lowest BCUT2D eigenvalue weighted by molar-refractivity contribution is 0.437. The van der Waals surface area contributed by atoms with Crippen molar-refractivity contribution >= 4 is 33.4 Å². The molecule has 4 N–H and O–H groups in total. The molecule has 1 saturated carbocycles. The van der Waals surface area contributed by atoms with E-state index in [0.717, 1.165) is 59.9 Å². The third-order valence-corrected chi connectivity index (χ3v) is 6.51. The lowest BCUT2D eigenvalue weighted by Crippen LogP contribution is -2.30. The molecule has 158 valence electrons. The second-order valence-corrected chi connectivity index (χ2v) is 8.45. The van der Waals surface area contributed by atoms with E-state index < -0.39 is 5.82 Å². The Bertz CT molecular complexity index is 1320. The third kappa shape index (κ3) is 2.88. The Labute approximate surface area is 177 Å². The first kappa shape index (κ1) is 18.3. The molecule has 4 aromatic rings. The predicted molar refractivity (Wildman–Crippen MR) is 117 cm³/mol. The fourth-order valence-electron chi connectivity index (χ4n) is 4.66. The predicted octanol–water partition coefficient (Wildman–Crippen LogP) is 3.41. The summed E-state index contributed by atoms with van der Waals surface area (Å²) in [6.45, 7) is 1.59. The third-order valence-electron chi connectivity index (χ3n) is 6.51. The number of fused-ring (bicyclic) bond motifs is 3. The number of para-hydroxylation sites is 1. The van der Waals surface area contributed by atoms with Crippen molar-refractivity contribution < 1.29 is 9.13 Å². The monoisotopic (exact) mass is 419 g/mol. The molecule has 4 heterocycles. The molecule has 3 aromatic heterocycles.